The number of nitrogens with one attached hydrogen (secondary N) is 3. The lowest BCUT2D eigenvalue weighted by atomic mass is 10.2. The predicted octanol–water partition coefficient (Wildman–Crippen LogP) is 4.44. The molecule has 1 aliphatic rings. The lowest BCUT2D eigenvalue weighted by molar-refractivity contribution is 0.272. The van der Waals surface area contributed by atoms with Gasteiger partial charge < -0.3 is 20.5 Å². The first-order valence-corrected chi connectivity index (χ1v) is 10.9. The molecule has 1 aliphatic heterocycles. The van der Waals surface area contributed by atoms with Crippen LogP contribution in [0.2, 0.25) is 0 Å². The number of aromatic nitrogens is 5. The van der Waals surface area contributed by atoms with Gasteiger partial charge in [0.15, 0.2) is 0 Å². The van der Waals surface area contributed by atoms with E-state index in [9.17, 15) is 0 Å². The first kappa shape index (κ1) is 20.2. The number of nitrogens with zero attached hydrogens (tertiary/aromatic N) is 6. The van der Waals surface area contributed by atoms with Gasteiger partial charge in [0.2, 0.25) is 5.95 Å². The van der Waals surface area contributed by atoms with Crippen molar-refractivity contribution in [2.75, 3.05) is 29.1 Å². The minimum absolute atomic E-state index is 0.480. The van der Waals surface area contributed by atoms with Gasteiger partial charge in [0.1, 0.15) is 23.1 Å². The van der Waals surface area contributed by atoms with Gasteiger partial charge in [0, 0.05) is 55.2 Å². The first-order chi connectivity index (χ1) is 15.6. The predicted molar refractivity (Wildman–Crippen MR) is 127 cm³/mol. The van der Waals surface area contributed by atoms with Crippen molar-refractivity contribution >= 4 is 34.7 Å². The summed E-state index contributed by atoms with van der Waals surface area (Å²) in [6.07, 6.45) is 9.32. The normalized spacial score (nSPS) is 14.4. The molecule has 4 aromatic heterocycles. The summed E-state index contributed by atoms with van der Waals surface area (Å²) < 4.78 is 1.97. The number of hydrogen-bond donors (Lipinski definition) is 3. The fourth-order valence-electron chi connectivity index (χ4n) is 3.95. The molecule has 4 aromatic rings. The SMILES string of the molecule is Cc1cc(C)nc(Nc2nc(Nc3ccn4ccnc4c3)cc(NN3CCCCC3)n2)c1. The molecule has 5 rings (SSSR count). The Kier molecular flexibility index (Phi) is 5.55. The number of rotatable bonds is 6. The monoisotopic (exact) mass is 429 g/mol. The minimum atomic E-state index is 0.480. The molecule has 0 radical (unpaired) electrons. The first-order valence-electron chi connectivity index (χ1n) is 10.9. The standard InChI is InChI=1S/C23H27N9/c1-16-12-17(2)25-19(13-16)27-23-28-20(15-21(29-23)30-32-8-4-3-5-9-32)26-18-6-10-31-11-7-24-22(31)14-18/h6-7,10-15H,3-5,8-9H2,1-2H3,(H3,25,26,27,28,29,30). The van der Waals surface area contributed by atoms with Gasteiger partial charge in [-0.15, -0.1) is 0 Å². The molecule has 0 unspecified atom stereocenters. The number of hydrazine groups is 1. The second-order valence-electron chi connectivity index (χ2n) is 8.15. The molecule has 5 heterocycles. The fraction of sp³-hybridized carbons (Fsp3) is 0.304. The van der Waals surface area contributed by atoms with Crippen molar-refractivity contribution in [1.82, 2.24) is 29.3 Å². The average Bonchev–Trinajstić information content (AvgIpc) is 3.21. The van der Waals surface area contributed by atoms with Gasteiger partial charge in [-0.2, -0.15) is 9.97 Å². The summed E-state index contributed by atoms with van der Waals surface area (Å²) >= 11 is 0. The minimum Gasteiger partial charge on any atom is -0.340 e. The summed E-state index contributed by atoms with van der Waals surface area (Å²) in [5.41, 5.74) is 7.30. The molecule has 3 N–H and O–H groups in total. The Morgan fingerprint density at radius 3 is 2.47 bits per heavy atom. The Balaban J connectivity index is 1.44. The summed E-state index contributed by atoms with van der Waals surface area (Å²) in [6.45, 7) is 6.04. The molecule has 164 valence electrons. The van der Waals surface area contributed by atoms with Crippen LogP contribution in [-0.2, 0) is 0 Å². The number of pyridine rings is 2. The van der Waals surface area contributed by atoms with E-state index in [0.29, 0.717) is 11.8 Å². The van der Waals surface area contributed by atoms with Crippen molar-refractivity contribution in [3.8, 4) is 0 Å². The largest absolute Gasteiger partial charge is 0.340 e. The summed E-state index contributed by atoms with van der Waals surface area (Å²) in [5.74, 6) is 2.62. The molecule has 0 amide bonds. The van der Waals surface area contributed by atoms with Gasteiger partial charge in [-0.1, -0.05) is 6.42 Å². The third-order valence-corrected chi connectivity index (χ3v) is 5.36. The van der Waals surface area contributed by atoms with E-state index >= 15 is 0 Å². The summed E-state index contributed by atoms with van der Waals surface area (Å²) in [4.78, 5) is 18.3. The van der Waals surface area contributed by atoms with Crippen LogP contribution in [-0.4, -0.2) is 42.4 Å². The van der Waals surface area contributed by atoms with Gasteiger partial charge in [0.05, 0.1) is 0 Å². The van der Waals surface area contributed by atoms with Crippen LogP contribution in [0.25, 0.3) is 5.65 Å². The maximum absolute atomic E-state index is 4.69. The molecule has 9 nitrogen and oxygen atoms in total. The molecule has 0 aliphatic carbocycles. The highest BCUT2D eigenvalue weighted by Gasteiger charge is 2.13. The number of hydrogen-bond acceptors (Lipinski definition) is 8. The van der Waals surface area contributed by atoms with Crippen molar-refractivity contribution < 1.29 is 0 Å². The molecular weight excluding hydrogens is 402 g/mol. The van der Waals surface area contributed by atoms with Crippen molar-refractivity contribution in [3.05, 3.63) is 60.2 Å². The fourth-order valence-corrected chi connectivity index (χ4v) is 3.95. The van der Waals surface area contributed by atoms with Crippen LogP contribution in [0.15, 0.2) is 48.9 Å². The molecule has 0 bridgehead atoms. The zero-order chi connectivity index (χ0) is 21.9. The maximum atomic E-state index is 4.69. The molecule has 9 heteroatoms. The van der Waals surface area contributed by atoms with E-state index in [1.165, 1.54) is 19.3 Å². The van der Waals surface area contributed by atoms with E-state index in [1.54, 1.807) is 6.20 Å². The van der Waals surface area contributed by atoms with Crippen molar-refractivity contribution in [3.63, 3.8) is 0 Å². The average molecular weight is 430 g/mol. The molecule has 0 aromatic carbocycles. The number of fused-ring (bicyclic) bond motifs is 1. The van der Waals surface area contributed by atoms with Crippen LogP contribution < -0.4 is 16.1 Å². The Hall–Kier alpha value is -3.72. The molecule has 32 heavy (non-hydrogen) atoms. The highest BCUT2D eigenvalue weighted by molar-refractivity contribution is 5.65. The second kappa shape index (κ2) is 8.80. The molecule has 1 saturated heterocycles. The summed E-state index contributed by atoms with van der Waals surface area (Å²) in [7, 11) is 0. The maximum Gasteiger partial charge on any atom is 0.232 e. The lowest BCUT2D eigenvalue weighted by Gasteiger charge is -2.27. The zero-order valence-electron chi connectivity index (χ0n) is 18.3. The van der Waals surface area contributed by atoms with Gasteiger partial charge in [0.25, 0.3) is 0 Å². The van der Waals surface area contributed by atoms with Crippen LogP contribution in [0.1, 0.15) is 30.5 Å². The smallest absolute Gasteiger partial charge is 0.232 e. The summed E-state index contributed by atoms with van der Waals surface area (Å²) in [6, 6.07) is 9.93. The van der Waals surface area contributed by atoms with Crippen LogP contribution in [0.4, 0.5) is 29.1 Å². The Morgan fingerprint density at radius 2 is 1.62 bits per heavy atom. The number of aryl methyl sites for hydroxylation is 2. The Bertz CT molecular complexity index is 1210. The number of imidazole rings is 1. The lowest BCUT2D eigenvalue weighted by Crippen LogP contribution is -2.35. The van der Waals surface area contributed by atoms with E-state index in [0.717, 1.165) is 47.3 Å². The van der Waals surface area contributed by atoms with Gasteiger partial charge in [-0.25, -0.2) is 15.0 Å². The van der Waals surface area contributed by atoms with E-state index in [1.807, 2.05) is 61.0 Å². The quantitative estimate of drug-likeness (QED) is 0.414. The number of piperidine rings is 1. The third-order valence-electron chi connectivity index (χ3n) is 5.36. The van der Waals surface area contributed by atoms with Gasteiger partial charge in [-0.05, 0) is 50.5 Å². The summed E-state index contributed by atoms with van der Waals surface area (Å²) in [5, 5.41) is 8.87. The Morgan fingerprint density at radius 1 is 0.812 bits per heavy atom. The molecule has 0 atom stereocenters. The van der Waals surface area contributed by atoms with Crippen LogP contribution >= 0.6 is 0 Å². The van der Waals surface area contributed by atoms with Crippen molar-refractivity contribution in [2.24, 2.45) is 0 Å². The van der Waals surface area contributed by atoms with Crippen LogP contribution in [0, 0.1) is 13.8 Å². The molecule has 1 fully saturated rings. The molecule has 0 saturated carbocycles. The molecular formula is C23H27N9. The van der Waals surface area contributed by atoms with Gasteiger partial charge >= 0.3 is 0 Å². The second-order valence-corrected chi connectivity index (χ2v) is 8.15. The number of anilines is 5. The van der Waals surface area contributed by atoms with Crippen LogP contribution in [0.3, 0.4) is 0 Å². The van der Waals surface area contributed by atoms with Crippen molar-refractivity contribution in [2.45, 2.75) is 33.1 Å². The van der Waals surface area contributed by atoms with E-state index in [-0.39, 0.29) is 0 Å². The third kappa shape index (κ3) is 4.78. The van der Waals surface area contributed by atoms with E-state index < -0.39 is 0 Å². The van der Waals surface area contributed by atoms with Gasteiger partial charge in [-0.3, -0.25) is 0 Å². The highest BCUT2D eigenvalue weighted by Crippen LogP contribution is 2.23. The van der Waals surface area contributed by atoms with Crippen molar-refractivity contribution in [1.29, 1.82) is 0 Å². The van der Waals surface area contributed by atoms with E-state index in [2.05, 4.69) is 36.0 Å². The van der Waals surface area contributed by atoms with Crippen LogP contribution in [0.5, 0.6) is 0 Å². The Labute approximate surface area is 186 Å². The zero-order valence-corrected chi connectivity index (χ0v) is 18.3. The molecule has 0 spiro atoms. The highest BCUT2D eigenvalue weighted by atomic mass is 15.5. The van der Waals surface area contributed by atoms with E-state index in [4.69, 9.17) is 4.98 Å². The topological polar surface area (TPSA) is 95.3 Å².